The highest BCUT2D eigenvalue weighted by molar-refractivity contribution is 7.12. The molecule has 2 aromatic carbocycles. The summed E-state index contributed by atoms with van der Waals surface area (Å²) in [5, 5.41) is 28.9. The summed E-state index contributed by atoms with van der Waals surface area (Å²) in [7, 11) is 0. The zero-order valence-electron chi connectivity index (χ0n) is 14.7. The lowest BCUT2D eigenvalue weighted by atomic mass is 10.2. The van der Waals surface area contributed by atoms with Gasteiger partial charge in [0.15, 0.2) is 0 Å². The second kappa shape index (κ2) is 9.09. The Morgan fingerprint density at radius 1 is 1.07 bits per heavy atom. The van der Waals surface area contributed by atoms with Crippen molar-refractivity contribution in [2.24, 2.45) is 5.10 Å². The number of allylic oxidation sites excluding steroid dienone is 1. The van der Waals surface area contributed by atoms with Crippen LogP contribution >= 0.6 is 22.9 Å². The zero-order chi connectivity index (χ0) is 20.8. The Balaban J connectivity index is 1.92. The fourth-order valence-electron chi connectivity index (χ4n) is 2.35. The Labute approximate surface area is 174 Å². The molecule has 1 aromatic heterocycles. The number of anilines is 1. The molecule has 1 N–H and O–H groups in total. The summed E-state index contributed by atoms with van der Waals surface area (Å²) in [5.74, 6) is 0. The minimum Gasteiger partial charge on any atom is -0.271 e. The van der Waals surface area contributed by atoms with Gasteiger partial charge in [0, 0.05) is 11.1 Å². The number of non-ortho nitro benzene ring substituents is 1. The number of hydrogen-bond acceptors (Lipinski definition) is 7. The van der Waals surface area contributed by atoms with E-state index < -0.39 is 15.5 Å². The first-order chi connectivity index (χ1) is 13.9. The number of thiophene rings is 1. The Bertz CT molecular complexity index is 1100. The predicted molar refractivity (Wildman–Crippen MR) is 115 cm³/mol. The summed E-state index contributed by atoms with van der Waals surface area (Å²) >= 11 is 7.35. The highest BCUT2D eigenvalue weighted by Crippen LogP contribution is 2.29. The van der Waals surface area contributed by atoms with Crippen LogP contribution in [0.5, 0.6) is 0 Å². The summed E-state index contributed by atoms with van der Waals surface area (Å²) in [6, 6.07) is 14.3. The van der Waals surface area contributed by atoms with Gasteiger partial charge in [0.05, 0.1) is 20.8 Å². The van der Waals surface area contributed by atoms with Crippen molar-refractivity contribution >= 4 is 51.8 Å². The topological polar surface area (TPSA) is 111 Å². The number of benzene rings is 2. The molecule has 0 bridgehead atoms. The van der Waals surface area contributed by atoms with Gasteiger partial charge in [-0.1, -0.05) is 35.9 Å². The van der Waals surface area contributed by atoms with Crippen LogP contribution in [0, 0.1) is 20.2 Å². The van der Waals surface area contributed by atoms with E-state index >= 15 is 0 Å². The van der Waals surface area contributed by atoms with E-state index in [0.717, 1.165) is 16.5 Å². The third-order valence-electron chi connectivity index (χ3n) is 3.76. The Kier molecular flexibility index (Phi) is 6.32. The molecule has 3 aromatic rings. The molecular weight excluding hydrogens is 416 g/mol. The average molecular weight is 429 g/mol. The largest absolute Gasteiger partial charge is 0.301 e. The quantitative estimate of drug-likeness (QED) is 0.292. The van der Waals surface area contributed by atoms with Gasteiger partial charge in [-0.05, 0) is 41.3 Å². The maximum Gasteiger partial charge on any atom is 0.301 e. The van der Waals surface area contributed by atoms with Gasteiger partial charge in [-0.15, -0.1) is 11.3 Å². The molecular formula is C19H13ClN4O4S. The molecule has 0 aliphatic heterocycles. The van der Waals surface area contributed by atoms with Crippen LogP contribution in [0.2, 0.25) is 5.02 Å². The summed E-state index contributed by atoms with van der Waals surface area (Å²) in [4.78, 5) is 21.6. The first kappa shape index (κ1) is 20.2. The van der Waals surface area contributed by atoms with Crippen molar-refractivity contribution in [1.29, 1.82) is 0 Å². The van der Waals surface area contributed by atoms with Gasteiger partial charge in [0.25, 0.3) is 5.69 Å². The van der Waals surface area contributed by atoms with E-state index in [9.17, 15) is 20.2 Å². The second-order valence-corrected chi connectivity index (χ2v) is 7.07. The number of nitrogens with zero attached hydrogens (tertiary/aromatic N) is 3. The Morgan fingerprint density at radius 2 is 1.83 bits per heavy atom. The van der Waals surface area contributed by atoms with Gasteiger partial charge in [0.2, 0.25) is 0 Å². The molecule has 0 saturated carbocycles. The summed E-state index contributed by atoms with van der Waals surface area (Å²) < 4.78 is 0. The van der Waals surface area contributed by atoms with Crippen LogP contribution in [0.15, 0.2) is 71.2 Å². The number of nitro benzene ring substituents is 2. The van der Waals surface area contributed by atoms with Crippen LogP contribution < -0.4 is 5.43 Å². The van der Waals surface area contributed by atoms with Crippen molar-refractivity contribution in [3.05, 3.63) is 102 Å². The number of nitro groups is 2. The summed E-state index contributed by atoms with van der Waals surface area (Å²) in [5.41, 5.74) is 3.35. The van der Waals surface area contributed by atoms with Crippen molar-refractivity contribution in [3.63, 3.8) is 0 Å². The third kappa shape index (κ3) is 5.24. The van der Waals surface area contributed by atoms with Crippen molar-refractivity contribution in [1.82, 2.24) is 0 Å². The molecule has 0 fully saturated rings. The third-order valence-corrected chi connectivity index (χ3v) is 4.91. The van der Waals surface area contributed by atoms with E-state index in [-0.39, 0.29) is 11.4 Å². The van der Waals surface area contributed by atoms with E-state index in [0.29, 0.717) is 10.7 Å². The molecule has 29 heavy (non-hydrogen) atoms. The average Bonchev–Trinajstić information content (AvgIpc) is 3.23. The number of halogens is 1. The molecule has 0 radical (unpaired) electrons. The molecule has 0 spiro atoms. The molecule has 0 aliphatic rings. The number of hydrazone groups is 1. The SMILES string of the molecule is O=[N+]([O-])c1ccc(N/N=C(\C=C\c2ccc(Cl)cc2)c2cccs2)c([N+](=O)[O-])c1. The van der Waals surface area contributed by atoms with Gasteiger partial charge in [-0.3, -0.25) is 25.7 Å². The number of hydrogen-bond donors (Lipinski definition) is 1. The van der Waals surface area contributed by atoms with E-state index in [4.69, 9.17) is 11.6 Å². The molecule has 1 heterocycles. The monoisotopic (exact) mass is 428 g/mol. The van der Waals surface area contributed by atoms with Crippen LogP contribution in [0.4, 0.5) is 17.1 Å². The summed E-state index contributed by atoms with van der Waals surface area (Å²) in [6.45, 7) is 0. The van der Waals surface area contributed by atoms with Gasteiger partial charge >= 0.3 is 5.69 Å². The van der Waals surface area contributed by atoms with Crippen molar-refractivity contribution in [2.45, 2.75) is 0 Å². The van der Waals surface area contributed by atoms with Crippen molar-refractivity contribution in [3.8, 4) is 0 Å². The maximum atomic E-state index is 11.3. The predicted octanol–water partition coefficient (Wildman–Crippen LogP) is 5.75. The van der Waals surface area contributed by atoms with E-state index in [1.807, 2.05) is 35.7 Å². The fraction of sp³-hybridized carbons (Fsp3) is 0. The highest BCUT2D eigenvalue weighted by Gasteiger charge is 2.19. The number of rotatable bonds is 7. The normalized spacial score (nSPS) is 11.6. The lowest BCUT2D eigenvalue weighted by molar-refractivity contribution is -0.393. The van der Waals surface area contributed by atoms with Crippen LogP contribution in [-0.2, 0) is 0 Å². The second-order valence-electron chi connectivity index (χ2n) is 5.69. The van der Waals surface area contributed by atoms with Gasteiger partial charge in [-0.25, -0.2) is 0 Å². The fourth-order valence-corrected chi connectivity index (χ4v) is 3.17. The molecule has 0 unspecified atom stereocenters. The molecule has 0 aliphatic carbocycles. The lowest BCUT2D eigenvalue weighted by Crippen LogP contribution is -2.02. The number of nitrogens with one attached hydrogen (secondary N) is 1. The van der Waals surface area contributed by atoms with E-state index in [1.165, 1.54) is 23.5 Å². The molecule has 0 saturated heterocycles. The lowest BCUT2D eigenvalue weighted by Gasteiger charge is -2.04. The van der Waals surface area contributed by atoms with Crippen LogP contribution in [0.3, 0.4) is 0 Å². The van der Waals surface area contributed by atoms with Gasteiger partial charge in [0.1, 0.15) is 11.4 Å². The molecule has 3 rings (SSSR count). The van der Waals surface area contributed by atoms with Crippen molar-refractivity contribution < 1.29 is 9.85 Å². The molecule has 8 nitrogen and oxygen atoms in total. The van der Waals surface area contributed by atoms with Crippen LogP contribution in [0.1, 0.15) is 10.4 Å². The van der Waals surface area contributed by atoms with Gasteiger partial charge in [-0.2, -0.15) is 5.10 Å². The standard InChI is InChI=1S/C19H13ClN4O4S/c20-14-6-3-13(4-7-14)5-9-17(19-2-1-11-29-19)22-21-16-10-8-15(23(25)26)12-18(16)24(27)28/h1-12,21H/b9-5+,22-17+. The van der Waals surface area contributed by atoms with E-state index in [2.05, 4.69) is 10.5 Å². The summed E-state index contributed by atoms with van der Waals surface area (Å²) in [6.07, 6.45) is 3.60. The molecule has 146 valence electrons. The van der Waals surface area contributed by atoms with E-state index in [1.54, 1.807) is 18.2 Å². The maximum absolute atomic E-state index is 11.3. The molecule has 10 heteroatoms. The smallest absolute Gasteiger partial charge is 0.271 e. The first-order valence-corrected chi connectivity index (χ1v) is 9.44. The molecule has 0 atom stereocenters. The Hall–Kier alpha value is -3.56. The van der Waals surface area contributed by atoms with Gasteiger partial charge < -0.3 is 0 Å². The van der Waals surface area contributed by atoms with Crippen LogP contribution in [-0.4, -0.2) is 15.6 Å². The van der Waals surface area contributed by atoms with Crippen molar-refractivity contribution in [2.75, 3.05) is 5.43 Å². The first-order valence-electron chi connectivity index (χ1n) is 8.18. The van der Waals surface area contributed by atoms with Crippen LogP contribution in [0.25, 0.3) is 6.08 Å². The Morgan fingerprint density at radius 3 is 2.45 bits per heavy atom. The molecule has 0 amide bonds. The minimum atomic E-state index is -0.695. The zero-order valence-corrected chi connectivity index (χ0v) is 16.3. The highest BCUT2D eigenvalue weighted by atomic mass is 35.5. The minimum absolute atomic E-state index is 0.0505.